The van der Waals surface area contributed by atoms with Gasteiger partial charge < -0.3 is 15.2 Å². The standard InChI is InChI=1S/C16H17ClN2O5/c1-2-23-10-24-13-6-4-12(5-7-13)16(19(21)22)9-11(15(18)20)3-8-14(16)17/h3-8H,2,9-10H2,1H3,(H2,18,20). The maximum Gasteiger partial charge on any atom is 0.286 e. The number of carbonyl (C=O) groups is 1. The highest BCUT2D eigenvalue weighted by Gasteiger charge is 2.50. The highest BCUT2D eigenvalue weighted by molar-refractivity contribution is 6.31. The number of primary amides is 1. The highest BCUT2D eigenvalue weighted by atomic mass is 35.5. The molecular formula is C16H17ClN2O5. The van der Waals surface area contributed by atoms with E-state index in [1.165, 1.54) is 12.2 Å². The fraction of sp³-hybridized carbons (Fsp3) is 0.312. The van der Waals surface area contributed by atoms with Crippen LogP contribution in [0.15, 0.2) is 47.0 Å². The molecule has 24 heavy (non-hydrogen) atoms. The monoisotopic (exact) mass is 352 g/mol. The first-order valence-electron chi connectivity index (χ1n) is 7.24. The summed E-state index contributed by atoms with van der Waals surface area (Å²) in [6, 6.07) is 6.27. The Balaban J connectivity index is 2.35. The fourth-order valence-electron chi connectivity index (χ4n) is 2.42. The van der Waals surface area contributed by atoms with Crippen molar-refractivity contribution in [2.24, 2.45) is 5.73 Å². The van der Waals surface area contributed by atoms with Gasteiger partial charge in [-0.15, -0.1) is 0 Å². The number of nitrogens with zero attached hydrogens (tertiary/aromatic N) is 1. The van der Waals surface area contributed by atoms with Gasteiger partial charge in [0, 0.05) is 22.7 Å². The van der Waals surface area contributed by atoms with Crippen LogP contribution in [0.2, 0.25) is 0 Å². The molecule has 128 valence electrons. The smallest absolute Gasteiger partial charge is 0.286 e. The third-order valence-corrected chi connectivity index (χ3v) is 4.18. The van der Waals surface area contributed by atoms with Gasteiger partial charge in [-0.1, -0.05) is 17.7 Å². The Morgan fingerprint density at radius 1 is 1.38 bits per heavy atom. The molecule has 0 aromatic heterocycles. The van der Waals surface area contributed by atoms with Crippen LogP contribution < -0.4 is 10.5 Å². The Kier molecular flexibility index (Phi) is 5.58. The average Bonchev–Trinajstić information content (AvgIpc) is 2.56. The van der Waals surface area contributed by atoms with E-state index in [0.717, 1.165) is 0 Å². The third kappa shape index (κ3) is 3.42. The van der Waals surface area contributed by atoms with E-state index in [1.54, 1.807) is 24.3 Å². The van der Waals surface area contributed by atoms with E-state index in [-0.39, 0.29) is 23.8 Å². The third-order valence-electron chi connectivity index (χ3n) is 3.75. The van der Waals surface area contributed by atoms with Crippen LogP contribution in [-0.4, -0.2) is 24.2 Å². The molecular weight excluding hydrogens is 336 g/mol. The molecule has 1 aromatic rings. The molecule has 1 aliphatic rings. The lowest BCUT2D eigenvalue weighted by Crippen LogP contribution is -2.39. The SMILES string of the molecule is CCOCOc1ccc(C2([N+](=O)[O-])CC(C(N)=O)=CC=C2Cl)cc1. The molecule has 1 atom stereocenters. The quantitative estimate of drug-likeness (QED) is 0.351. The lowest BCUT2D eigenvalue weighted by molar-refractivity contribution is -0.565. The number of benzene rings is 1. The molecule has 0 aliphatic heterocycles. The van der Waals surface area contributed by atoms with Gasteiger partial charge in [-0.25, -0.2) is 0 Å². The zero-order valence-electron chi connectivity index (χ0n) is 13.0. The molecule has 0 spiro atoms. The lowest BCUT2D eigenvalue weighted by Gasteiger charge is -2.28. The van der Waals surface area contributed by atoms with Crippen molar-refractivity contribution in [3.05, 3.63) is 62.7 Å². The normalized spacial score (nSPS) is 20.1. The minimum atomic E-state index is -1.74. The van der Waals surface area contributed by atoms with Crippen molar-refractivity contribution in [2.75, 3.05) is 13.4 Å². The summed E-state index contributed by atoms with van der Waals surface area (Å²) in [5.74, 6) is -0.203. The first-order chi connectivity index (χ1) is 11.4. The Hall–Kier alpha value is -2.38. The predicted octanol–water partition coefficient (Wildman–Crippen LogP) is 2.47. The number of allylic oxidation sites excluding steroid dienone is 2. The van der Waals surface area contributed by atoms with Gasteiger partial charge in [0.1, 0.15) is 5.75 Å². The van der Waals surface area contributed by atoms with Crippen LogP contribution in [0.5, 0.6) is 5.75 Å². The number of hydrogen-bond donors (Lipinski definition) is 1. The van der Waals surface area contributed by atoms with E-state index < -0.39 is 16.4 Å². The molecule has 2 N–H and O–H groups in total. The highest BCUT2D eigenvalue weighted by Crippen LogP contribution is 2.43. The number of halogens is 1. The largest absolute Gasteiger partial charge is 0.468 e. The second-order valence-electron chi connectivity index (χ2n) is 5.14. The summed E-state index contributed by atoms with van der Waals surface area (Å²) in [5.41, 5.74) is 4.01. The van der Waals surface area contributed by atoms with Gasteiger partial charge in [0.25, 0.3) is 5.54 Å². The van der Waals surface area contributed by atoms with Crippen LogP contribution in [-0.2, 0) is 15.1 Å². The number of hydrogen-bond acceptors (Lipinski definition) is 5. The van der Waals surface area contributed by atoms with Crippen LogP contribution in [0, 0.1) is 10.1 Å². The van der Waals surface area contributed by atoms with E-state index >= 15 is 0 Å². The van der Waals surface area contributed by atoms with Crippen molar-refractivity contribution in [2.45, 2.75) is 18.9 Å². The van der Waals surface area contributed by atoms with E-state index in [4.69, 9.17) is 26.8 Å². The Bertz CT molecular complexity index is 699. The van der Waals surface area contributed by atoms with Crippen LogP contribution >= 0.6 is 11.6 Å². The van der Waals surface area contributed by atoms with Crippen molar-refractivity contribution in [3.63, 3.8) is 0 Å². The summed E-state index contributed by atoms with van der Waals surface area (Å²) in [6.07, 6.45) is 2.54. The minimum absolute atomic E-state index is 0.0143. The van der Waals surface area contributed by atoms with Gasteiger partial charge in [0.2, 0.25) is 5.91 Å². The predicted molar refractivity (Wildman–Crippen MR) is 88.1 cm³/mol. The summed E-state index contributed by atoms with van der Waals surface area (Å²) in [7, 11) is 0. The van der Waals surface area contributed by atoms with Crippen molar-refractivity contribution < 1.29 is 19.2 Å². The van der Waals surface area contributed by atoms with Crippen molar-refractivity contribution >= 4 is 17.5 Å². The van der Waals surface area contributed by atoms with E-state index in [9.17, 15) is 14.9 Å². The van der Waals surface area contributed by atoms with Gasteiger partial charge in [-0.2, -0.15) is 0 Å². The first-order valence-corrected chi connectivity index (χ1v) is 7.61. The van der Waals surface area contributed by atoms with Crippen LogP contribution in [0.3, 0.4) is 0 Å². The van der Waals surface area contributed by atoms with Crippen LogP contribution in [0.25, 0.3) is 0 Å². The molecule has 1 amide bonds. The van der Waals surface area contributed by atoms with E-state index in [1.807, 2.05) is 6.92 Å². The average molecular weight is 353 g/mol. The Morgan fingerprint density at radius 3 is 2.58 bits per heavy atom. The second-order valence-corrected chi connectivity index (χ2v) is 5.55. The topological polar surface area (TPSA) is 105 Å². The number of carbonyl (C=O) groups excluding carboxylic acids is 1. The van der Waals surface area contributed by atoms with Crippen molar-refractivity contribution in [3.8, 4) is 5.75 Å². The zero-order chi connectivity index (χ0) is 17.7. The maximum atomic E-state index is 11.8. The zero-order valence-corrected chi connectivity index (χ0v) is 13.8. The second kappa shape index (κ2) is 7.46. The molecule has 0 radical (unpaired) electrons. The lowest BCUT2D eigenvalue weighted by atomic mass is 9.80. The summed E-state index contributed by atoms with van der Waals surface area (Å²) in [4.78, 5) is 22.7. The van der Waals surface area contributed by atoms with Crippen LogP contribution in [0.1, 0.15) is 18.9 Å². The molecule has 0 saturated heterocycles. The number of ether oxygens (including phenoxy) is 2. The van der Waals surface area contributed by atoms with Gasteiger partial charge in [-0.05, 0) is 37.3 Å². The summed E-state index contributed by atoms with van der Waals surface area (Å²) < 4.78 is 10.4. The number of rotatable bonds is 7. The molecule has 2 rings (SSSR count). The minimum Gasteiger partial charge on any atom is -0.468 e. The fourth-order valence-corrected chi connectivity index (χ4v) is 2.72. The molecule has 1 aliphatic carbocycles. The van der Waals surface area contributed by atoms with Crippen molar-refractivity contribution in [1.29, 1.82) is 0 Å². The molecule has 0 saturated carbocycles. The summed E-state index contributed by atoms with van der Waals surface area (Å²) in [5, 5.41) is 11.8. The summed E-state index contributed by atoms with van der Waals surface area (Å²) >= 11 is 6.15. The molecule has 1 unspecified atom stereocenters. The molecule has 0 fully saturated rings. The Labute approximate surface area is 143 Å². The van der Waals surface area contributed by atoms with E-state index in [2.05, 4.69) is 0 Å². The molecule has 0 heterocycles. The van der Waals surface area contributed by atoms with Gasteiger partial charge >= 0.3 is 0 Å². The first kappa shape index (κ1) is 18.0. The van der Waals surface area contributed by atoms with Gasteiger partial charge in [0.05, 0.1) is 11.5 Å². The Morgan fingerprint density at radius 2 is 2.04 bits per heavy atom. The van der Waals surface area contributed by atoms with Gasteiger partial charge in [0.15, 0.2) is 6.79 Å². The molecule has 8 heteroatoms. The van der Waals surface area contributed by atoms with Gasteiger partial charge in [-0.3, -0.25) is 14.9 Å². The number of nitrogens with two attached hydrogens (primary N) is 1. The summed E-state index contributed by atoms with van der Waals surface area (Å²) in [6.45, 7) is 2.45. The van der Waals surface area contributed by atoms with Crippen LogP contribution in [0.4, 0.5) is 0 Å². The van der Waals surface area contributed by atoms with Crippen molar-refractivity contribution in [1.82, 2.24) is 0 Å². The maximum absolute atomic E-state index is 11.8. The molecule has 7 nitrogen and oxygen atoms in total. The number of nitro groups is 1. The van der Waals surface area contributed by atoms with E-state index in [0.29, 0.717) is 17.9 Å². The molecule has 1 aromatic carbocycles. The molecule has 0 bridgehead atoms. The number of amides is 1.